The number of anilines is 2. The first-order valence-corrected chi connectivity index (χ1v) is 7.34. The number of morpholine rings is 1. The van der Waals surface area contributed by atoms with Crippen LogP contribution in [0, 0.1) is 0 Å². The van der Waals surface area contributed by atoms with E-state index in [2.05, 4.69) is 46.4 Å². The van der Waals surface area contributed by atoms with Crippen molar-refractivity contribution in [3.8, 4) is 0 Å². The zero-order valence-electron chi connectivity index (χ0n) is 11.9. The van der Waals surface area contributed by atoms with E-state index in [0.29, 0.717) is 0 Å². The first-order chi connectivity index (χ1) is 9.88. The second kappa shape index (κ2) is 6.09. The third-order valence-electron chi connectivity index (χ3n) is 3.67. The van der Waals surface area contributed by atoms with Gasteiger partial charge in [-0.1, -0.05) is 6.92 Å². The van der Waals surface area contributed by atoms with Crippen LogP contribution in [0.5, 0.6) is 0 Å². The Labute approximate surface area is 119 Å². The van der Waals surface area contributed by atoms with Crippen molar-refractivity contribution in [3.05, 3.63) is 30.5 Å². The summed E-state index contributed by atoms with van der Waals surface area (Å²) in [6.45, 7) is 6.71. The Morgan fingerprint density at radius 2 is 2.10 bits per heavy atom. The summed E-state index contributed by atoms with van der Waals surface area (Å²) in [5.41, 5.74) is 3.48. The number of ether oxygens (including phenoxy) is 1. The molecule has 0 saturated carbocycles. The second-order valence-corrected chi connectivity index (χ2v) is 5.09. The van der Waals surface area contributed by atoms with Crippen molar-refractivity contribution in [2.45, 2.75) is 13.3 Å². The summed E-state index contributed by atoms with van der Waals surface area (Å²) in [5, 5.41) is 4.68. The number of fused-ring (bicyclic) bond motifs is 1. The van der Waals surface area contributed by atoms with Gasteiger partial charge in [-0.05, 0) is 30.7 Å². The van der Waals surface area contributed by atoms with Gasteiger partial charge in [-0.3, -0.25) is 4.98 Å². The average molecular weight is 271 g/mol. The van der Waals surface area contributed by atoms with Gasteiger partial charge in [0, 0.05) is 42.6 Å². The summed E-state index contributed by atoms with van der Waals surface area (Å²) in [5.74, 6) is 0. The van der Waals surface area contributed by atoms with Crippen LogP contribution in [0.2, 0.25) is 0 Å². The van der Waals surface area contributed by atoms with E-state index in [4.69, 9.17) is 4.74 Å². The van der Waals surface area contributed by atoms with Gasteiger partial charge in [-0.2, -0.15) is 0 Å². The predicted molar refractivity (Wildman–Crippen MR) is 83.6 cm³/mol. The van der Waals surface area contributed by atoms with Crippen molar-refractivity contribution in [2.24, 2.45) is 0 Å². The number of nitrogens with zero attached hydrogens (tertiary/aromatic N) is 2. The van der Waals surface area contributed by atoms with Crippen LogP contribution in [0.4, 0.5) is 11.4 Å². The highest BCUT2D eigenvalue weighted by molar-refractivity contribution is 5.93. The van der Waals surface area contributed by atoms with E-state index in [-0.39, 0.29) is 0 Å². The highest BCUT2D eigenvalue weighted by Gasteiger charge is 2.12. The summed E-state index contributed by atoms with van der Waals surface area (Å²) in [6.07, 6.45) is 2.99. The summed E-state index contributed by atoms with van der Waals surface area (Å²) < 4.78 is 5.42. The van der Waals surface area contributed by atoms with Gasteiger partial charge < -0.3 is 15.0 Å². The normalized spacial score (nSPS) is 15.6. The fourth-order valence-corrected chi connectivity index (χ4v) is 2.57. The zero-order chi connectivity index (χ0) is 13.8. The quantitative estimate of drug-likeness (QED) is 0.928. The fraction of sp³-hybridized carbons (Fsp3) is 0.438. The minimum atomic E-state index is 0.812. The molecule has 4 nitrogen and oxygen atoms in total. The second-order valence-electron chi connectivity index (χ2n) is 5.09. The Balaban J connectivity index is 1.95. The van der Waals surface area contributed by atoms with Crippen molar-refractivity contribution >= 4 is 22.3 Å². The van der Waals surface area contributed by atoms with Crippen molar-refractivity contribution in [1.82, 2.24) is 4.98 Å². The van der Waals surface area contributed by atoms with Crippen molar-refractivity contribution in [2.75, 3.05) is 43.1 Å². The molecule has 2 aromatic rings. The van der Waals surface area contributed by atoms with Gasteiger partial charge in [-0.15, -0.1) is 0 Å². The summed E-state index contributed by atoms with van der Waals surface area (Å²) in [7, 11) is 0. The Bertz CT molecular complexity index is 579. The Hall–Kier alpha value is -1.81. The third-order valence-corrected chi connectivity index (χ3v) is 3.67. The number of pyridine rings is 1. The smallest absolute Gasteiger partial charge is 0.0724 e. The average Bonchev–Trinajstić information content (AvgIpc) is 2.53. The van der Waals surface area contributed by atoms with Crippen LogP contribution in [-0.2, 0) is 4.74 Å². The molecule has 1 saturated heterocycles. The molecule has 0 spiro atoms. The molecule has 0 aliphatic carbocycles. The molecule has 1 aromatic heterocycles. The molecule has 1 N–H and O–H groups in total. The minimum absolute atomic E-state index is 0.812. The Morgan fingerprint density at radius 3 is 2.90 bits per heavy atom. The van der Waals surface area contributed by atoms with Crippen LogP contribution in [0.15, 0.2) is 30.5 Å². The molecule has 0 unspecified atom stereocenters. The monoisotopic (exact) mass is 271 g/mol. The van der Waals surface area contributed by atoms with Gasteiger partial charge >= 0.3 is 0 Å². The van der Waals surface area contributed by atoms with E-state index >= 15 is 0 Å². The number of hydrogen-bond donors (Lipinski definition) is 1. The number of rotatable bonds is 4. The van der Waals surface area contributed by atoms with E-state index in [1.54, 1.807) is 0 Å². The molecule has 2 heterocycles. The lowest BCUT2D eigenvalue weighted by Crippen LogP contribution is -2.36. The van der Waals surface area contributed by atoms with Crippen molar-refractivity contribution < 1.29 is 4.74 Å². The SMILES string of the molecule is CCCNc1ccnc2ccc(N3CCOCC3)cc12. The first kappa shape index (κ1) is 13.2. The molecule has 0 atom stereocenters. The maximum Gasteiger partial charge on any atom is 0.0724 e. The number of nitrogens with one attached hydrogen (secondary N) is 1. The molecule has 0 bridgehead atoms. The minimum Gasteiger partial charge on any atom is -0.384 e. The summed E-state index contributed by atoms with van der Waals surface area (Å²) in [4.78, 5) is 6.83. The van der Waals surface area contributed by atoms with Crippen molar-refractivity contribution in [3.63, 3.8) is 0 Å². The third kappa shape index (κ3) is 2.70. The lowest BCUT2D eigenvalue weighted by Gasteiger charge is -2.29. The van der Waals surface area contributed by atoms with Crippen LogP contribution < -0.4 is 10.2 Å². The molecule has 20 heavy (non-hydrogen) atoms. The molecule has 4 heteroatoms. The van der Waals surface area contributed by atoms with Gasteiger partial charge in [0.1, 0.15) is 0 Å². The molecule has 1 aliphatic heterocycles. The van der Waals surface area contributed by atoms with E-state index in [9.17, 15) is 0 Å². The predicted octanol–water partition coefficient (Wildman–Crippen LogP) is 2.89. The van der Waals surface area contributed by atoms with Crippen LogP contribution in [0.1, 0.15) is 13.3 Å². The van der Waals surface area contributed by atoms with Crippen LogP contribution >= 0.6 is 0 Å². The lowest BCUT2D eigenvalue weighted by atomic mass is 10.1. The molecule has 0 amide bonds. The molecule has 1 aromatic carbocycles. The molecule has 1 fully saturated rings. The largest absolute Gasteiger partial charge is 0.384 e. The van der Waals surface area contributed by atoms with Gasteiger partial charge in [0.05, 0.1) is 18.7 Å². The van der Waals surface area contributed by atoms with Gasteiger partial charge in [0.25, 0.3) is 0 Å². The molecule has 1 aliphatic rings. The van der Waals surface area contributed by atoms with E-state index < -0.39 is 0 Å². The zero-order valence-corrected chi connectivity index (χ0v) is 11.9. The van der Waals surface area contributed by atoms with E-state index in [1.165, 1.54) is 16.8 Å². The summed E-state index contributed by atoms with van der Waals surface area (Å²) in [6, 6.07) is 8.56. The van der Waals surface area contributed by atoms with Crippen molar-refractivity contribution in [1.29, 1.82) is 0 Å². The van der Waals surface area contributed by atoms with E-state index in [1.807, 2.05) is 6.20 Å². The Morgan fingerprint density at radius 1 is 1.25 bits per heavy atom. The summed E-state index contributed by atoms with van der Waals surface area (Å²) >= 11 is 0. The van der Waals surface area contributed by atoms with Gasteiger partial charge in [-0.25, -0.2) is 0 Å². The molecule has 0 radical (unpaired) electrons. The molecular formula is C16H21N3O. The van der Waals surface area contributed by atoms with Crippen LogP contribution in [0.25, 0.3) is 10.9 Å². The maximum absolute atomic E-state index is 5.42. The Kier molecular flexibility index (Phi) is 4.02. The highest BCUT2D eigenvalue weighted by Crippen LogP contribution is 2.27. The molecule has 3 rings (SSSR count). The van der Waals surface area contributed by atoms with Gasteiger partial charge in [0.2, 0.25) is 0 Å². The van der Waals surface area contributed by atoms with Crippen LogP contribution in [-0.4, -0.2) is 37.8 Å². The lowest BCUT2D eigenvalue weighted by molar-refractivity contribution is 0.122. The first-order valence-electron chi connectivity index (χ1n) is 7.34. The van der Waals surface area contributed by atoms with Gasteiger partial charge in [0.15, 0.2) is 0 Å². The van der Waals surface area contributed by atoms with Crippen LogP contribution in [0.3, 0.4) is 0 Å². The highest BCUT2D eigenvalue weighted by atomic mass is 16.5. The van der Waals surface area contributed by atoms with E-state index in [0.717, 1.165) is 44.8 Å². The molecular weight excluding hydrogens is 250 g/mol. The topological polar surface area (TPSA) is 37.4 Å². The fourth-order valence-electron chi connectivity index (χ4n) is 2.57. The standard InChI is InChI=1S/C16H21N3O/c1-2-6-17-16-5-7-18-15-4-3-13(12-14(15)16)19-8-10-20-11-9-19/h3-5,7,12H,2,6,8-11H2,1H3,(H,17,18). The number of benzene rings is 1. The number of hydrogen-bond acceptors (Lipinski definition) is 4. The number of aromatic nitrogens is 1. The maximum atomic E-state index is 5.42. The molecule has 106 valence electrons.